The van der Waals surface area contributed by atoms with E-state index in [1.165, 1.54) is 4.90 Å². The van der Waals surface area contributed by atoms with E-state index in [2.05, 4.69) is 5.10 Å². The van der Waals surface area contributed by atoms with Gasteiger partial charge in [-0.3, -0.25) is 19.1 Å². The van der Waals surface area contributed by atoms with Crippen LogP contribution in [-0.2, 0) is 21.4 Å². The van der Waals surface area contributed by atoms with Crippen molar-refractivity contribution in [2.75, 3.05) is 4.90 Å². The van der Waals surface area contributed by atoms with Crippen molar-refractivity contribution in [1.29, 1.82) is 0 Å². The van der Waals surface area contributed by atoms with E-state index in [-0.39, 0.29) is 18.2 Å². The second-order valence-corrected chi connectivity index (χ2v) is 7.11. The molecule has 2 heterocycles. The van der Waals surface area contributed by atoms with Crippen LogP contribution in [0.4, 0.5) is 5.69 Å². The first-order valence-corrected chi connectivity index (χ1v) is 9.46. The Labute approximate surface area is 174 Å². The summed E-state index contributed by atoms with van der Waals surface area (Å²) >= 11 is 0. The Kier molecular flexibility index (Phi) is 5.82. The molecule has 2 aromatic carbocycles. The Morgan fingerprint density at radius 1 is 1.10 bits per heavy atom. The monoisotopic (exact) mass is 405 g/mol. The highest BCUT2D eigenvalue weighted by atomic mass is 16.4. The van der Waals surface area contributed by atoms with Gasteiger partial charge >= 0.3 is 0 Å². The number of carbonyl (C=O) groups excluding carboxylic acids is 2. The quantitative estimate of drug-likeness (QED) is 0.519. The fraction of sp³-hybridized carbons (Fsp3) is 0.217. The van der Waals surface area contributed by atoms with Gasteiger partial charge in [0.15, 0.2) is 0 Å². The average molecular weight is 405 g/mol. The van der Waals surface area contributed by atoms with Crippen LogP contribution >= 0.6 is 0 Å². The number of hydrogen-bond donors (Lipinski definition) is 1. The van der Waals surface area contributed by atoms with Gasteiger partial charge in [0.1, 0.15) is 0 Å². The summed E-state index contributed by atoms with van der Waals surface area (Å²) in [6.45, 7) is 4.94. The van der Waals surface area contributed by atoms with Gasteiger partial charge in [-0.15, -0.1) is 0 Å². The zero-order chi connectivity index (χ0) is 22.0. The topological polar surface area (TPSA) is 92.5 Å². The number of imide groups is 1. The van der Waals surface area contributed by atoms with Crippen LogP contribution < -0.4 is 4.90 Å². The fourth-order valence-electron chi connectivity index (χ4n) is 3.51. The normalized spacial score (nSPS) is 14.9. The van der Waals surface area contributed by atoms with E-state index < -0.39 is 5.97 Å². The van der Waals surface area contributed by atoms with E-state index in [9.17, 15) is 9.59 Å². The van der Waals surface area contributed by atoms with Crippen LogP contribution in [0.3, 0.4) is 0 Å². The van der Waals surface area contributed by atoms with E-state index in [1.807, 2.05) is 69.4 Å². The molecular formula is C23H23N3O4. The first kappa shape index (κ1) is 21.0. The molecule has 0 spiro atoms. The molecule has 4 rings (SSSR count). The van der Waals surface area contributed by atoms with Gasteiger partial charge in [-0.2, -0.15) is 5.10 Å². The number of aliphatic carboxylic acids is 1. The number of carbonyl (C=O) groups is 3. The third-order valence-electron chi connectivity index (χ3n) is 4.96. The van der Waals surface area contributed by atoms with Crippen LogP contribution in [0.15, 0.2) is 48.0 Å². The van der Waals surface area contributed by atoms with Crippen molar-refractivity contribution in [3.63, 3.8) is 0 Å². The number of rotatable bonds is 2. The molecule has 1 N–H and O–H groups in total. The van der Waals surface area contributed by atoms with Crippen LogP contribution in [0, 0.1) is 13.8 Å². The lowest BCUT2D eigenvalue weighted by molar-refractivity contribution is -0.134. The molecule has 0 aliphatic carbocycles. The van der Waals surface area contributed by atoms with E-state index in [0.717, 1.165) is 34.6 Å². The van der Waals surface area contributed by atoms with Crippen LogP contribution in [0.5, 0.6) is 0 Å². The zero-order valence-corrected chi connectivity index (χ0v) is 17.3. The molecule has 1 aliphatic rings. The van der Waals surface area contributed by atoms with Crippen LogP contribution in [0.2, 0.25) is 0 Å². The third kappa shape index (κ3) is 4.00. The molecule has 30 heavy (non-hydrogen) atoms. The number of aromatic nitrogens is 2. The van der Waals surface area contributed by atoms with E-state index in [0.29, 0.717) is 11.3 Å². The highest BCUT2D eigenvalue weighted by Gasteiger charge is 2.36. The summed E-state index contributed by atoms with van der Waals surface area (Å²) in [7, 11) is 1.87. The SMILES string of the molecule is CC(=O)O.Cc1nn(C)c(C)c1/C=C1\CC(=O)N(c2cccc3ccccc23)C1=O. The molecule has 0 unspecified atom stereocenters. The summed E-state index contributed by atoms with van der Waals surface area (Å²) in [5.41, 5.74) is 3.87. The Hall–Kier alpha value is -3.74. The largest absolute Gasteiger partial charge is 0.481 e. The maximum absolute atomic E-state index is 13.0. The molecule has 0 radical (unpaired) electrons. The molecule has 1 saturated heterocycles. The van der Waals surface area contributed by atoms with Crippen molar-refractivity contribution >= 4 is 40.3 Å². The molecule has 3 aromatic rings. The van der Waals surface area contributed by atoms with Crippen molar-refractivity contribution in [2.45, 2.75) is 27.2 Å². The maximum Gasteiger partial charge on any atom is 0.300 e. The summed E-state index contributed by atoms with van der Waals surface area (Å²) in [6.07, 6.45) is 1.92. The second-order valence-electron chi connectivity index (χ2n) is 7.11. The third-order valence-corrected chi connectivity index (χ3v) is 4.96. The molecule has 7 nitrogen and oxygen atoms in total. The smallest absolute Gasteiger partial charge is 0.300 e. The van der Waals surface area contributed by atoms with Gasteiger partial charge in [-0.05, 0) is 31.4 Å². The van der Waals surface area contributed by atoms with Crippen molar-refractivity contribution in [3.05, 3.63) is 65.0 Å². The van der Waals surface area contributed by atoms with E-state index >= 15 is 0 Å². The predicted molar refractivity (Wildman–Crippen MR) is 115 cm³/mol. The lowest BCUT2D eigenvalue weighted by Gasteiger charge is -2.16. The van der Waals surface area contributed by atoms with Gasteiger partial charge in [0.25, 0.3) is 11.9 Å². The Morgan fingerprint density at radius 3 is 2.37 bits per heavy atom. The number of carboxylic acid groups (broad SMARTS) is 1. The highest BCUT2D eigenvalue weighted by molar-refractivity contribution is 6.31. The maximum atomic E-state index is 13.0. The molecule has 0 saturated carbocycles. The van der Waals surface area contributed by atoms with Crippen molar-refractivity contribution in [3.8, 4) is 0 Å². The standard InChI is InChI=1S/C21H19N3O2.C2H4O2/c1-13-18(14(2)23(3)22-13)11-16-12-20(25)24(21(16)26)19-10-6-8-15-7-4-5-9-17(15)19;1-2(3)4/h4-11H,12H2,1-3H3;1H3,(H,3,4)/b16-11+;. The van der Waals surface area contributed by atoms with Crippen LogP contribution in [0.25, 0.3) is 16.8 Å². The van der Waals surface area contributed by atoms with E-state index in [1.54, 1.807) is 4.68 Å². The number of benzene rings is 2. The van der Waals surface area contributed by atoms with Gasteiger partial charge in [-0.1, -0.05) is 36.4 Å². The summed E-state index contributed by atoms with van der Waals surface area (Å²) in [5.74, 6) is -1.29. The zero-order valence-electron chi connectivity index (χ0n) is 17.3. The molecule has 2 amide bonds. The first-order valence-electron chi connectivity index (χ1n) is 9.46. The van der Waals surface area contributed by atoms with Crippen LogP contribution in [-0.4, -0.2) is 32.7 Å². The van der Waals surface area contributed by atoms with Crippen molar-refractivity contribution in [1.82, 2.24) is 9.78 Å². The number of hydrogen-bond acceptors (Lipinski definition) is 4. The molecule has 0 atom stereocenters. The molecule has 1 aromatic heterocycles. The molecule has 1 aliphatic heterocycles. The van der Waals surface area contributed by atoms with Crippen molar-refractivity contribution < 1.29 is 19.5 Å². The number of fused-ring (bicyclic) bond motifs is 1. The molecule has 154 valence electrons. The molecule has 7 heteroatoms. The number of aryl methyl sites for hydroxylation is 2. The molecular weight excluding hydrogens is 382 g/mol. The van der Waals surface area contributed by atoms with Crippen molar-refractivity contribution in [2.24, 2.45) is 7.05 Å². The van der Waals surface area contributed by atoms with Gasteiger partial charge in [0.2, 0.25) is 5.91 Å². The number of nitrogens with zero attached hydrogens (tertiary/aromatic N) is 3. The Bertz CT molecular complexity index is 1180. The second kappa shape index (κ2) is 8.32. The Morgan fingerprint density at radius 2 is 1.73 bits per heavy atom. The predicted octanol–water partition coefficient (Wildman–Crippen LogP) is 3.63. The summed E-state index contributed by atoms with van der Waals surface area (Å²) in [5, 5.41) is 13.7. The first-order chi connectivity index (χ1) is 14.2. The highest BCUT2D eigenvalue weighted by Crippen LogP contribution is 2.33. The van der Waals surface area contributed by atoms with Gasteiger partial charge in [0.05, 0.1) is 17.8 Å². The summed E-state index contributed by atoms with van der Waals surface area (Å²) < 4.78 is 1.78. The van der Waals surface area contributed by atoms with Gasteiger partial charge < -0.3 is 5.11 Å². The lowest BCUT2D eigenvalue weighted by atomic mass is 10.1. The summed E-state index contributed by atoms with van der Waals surface area (Å²) in [4.78, 5) is 36.0. The molecule has 1 fully saturated rings. The number of anilines is 1. The van der Waals surface area contributed by atoms with Gasteiger partial charge in [0, 0.05) is 36.2 Å². The minimum Gasteiger partial charge on any atom is -0.481 e. The Balaban J connectivity index is 0.000000589. The summed E-state index contributed by atoms with van der Waals surface area (Å²) in [6, 6.07) is 13.4. The number of carboxylic acids is 1. The minimum atomic E-state index is -0.833. The minimum absolute atomic E-state index is 0.107. The van der Waals surface area contributed by atoms with E-state index in [4.69, 9.17) is 9.90 Å². The fourth-order valence-corrected chi connectivity index (χ4v) is 3.51. The average Bonchev–Trinajstić information content (AvgIpc) is 3.10. The van der Waals surface area contributed by atoms with Gasteiger partial charge in [-0.25, -0.2) is 4.90 Å². The molecule has 0 bridgehead atoms. The lowest BCUT2D eigenvalue weighted by Crippen LogP contribution is -2.29. The number of amides is 2. The van der Waals surface area contributed by atoms with Crippen LogP contribution in [0.1, 0.15) is 30.3 Å².